The predicted molar refractivity (Wildman–Crippen MR) is 81.3 cm³/mol. The van der Waals surface area contributed by atoms with Crippen LogP contribution in [0.2, 0.25) is 0 Å². The average Bonchev–Trinajstić information content (AvgIpc) is 2.93. The number of ketones is 1. The van der Waals surface area contributed by atoms with Crippen molar-refractivity contribution in [2.75, 3.05) is 5.32 Å². The Hall–Kier alpha value is -1.16. The van der Waals surface area contributed by atoms with Crippen LogP contribution in [0.5, 0.6) is 0 Å². The van der Waals surface area contributed by atoms with E-state index in [1.807, 2.05) is 38.1 Å². The van der Waals surface area contributed by atoms with Gasteiger partial charge in [-0.25, -0.2) is 0 Å². The van der Waals surface area contributed by atoms with E-state index in [0.29, 0.717) is 18.8 Å². The summed E-state index contributed by atoms with van der Waals surface area (Å²) < 4.78 is 0.837. The molecule has 0 spiro atoms. The Kier molecular flexibility index (Phi) is 3.05. The fourth-order valence-corrected chi connectivity index (χ4v) is 4.17. The van der Waals surface area contributed by atoms with Crippen molar-refractivity contribution in [3.8, 4) is 0 Å². The molecule has 2 bridgehead atoms. The number of hydrogen-bond acceptors (Lipinski definition) is 2. The third kappa shape index (κ3) is 1.77. The van der Waals surface area contributed by atoms with Crippen molar-refractivity contribution in [2.45, 2.75) is 33.1 Å². The molecule has 1 aromatic rings. The summed E-state index contributed by atoms with van der Waals surface area (Å²) in [5, 5.41) is 2.93. The molecule has 0 saturated heterocycles. The second-order valence-electron chi connectivity index (χ2n) is 6.51. The first-order valence-electron chi connectivity index (χ1n) is 6.99. The lowest BCUT2D eigenvalue weighted by atomic mass is 9.70. The molecule has 0 aliphatic heterocycles. The highest BCUT2D eigenvalue weighted by molar-refractivity contribution is 9.10. The minimum Gasteiger partial charge on any atom is -0.324 e. The molecule has 2 aliphatic carbocycles. The third-order valence-corrected chi connectivity index (χ3v) is 5.80. The number of fused-ring (bicyclic) bond motifs is 2. The monoisotopic (exact) mass is 335 g/mol. The van der Waals surface area contributed by atoms with Gasteiger partial charge in [-0.3, -0.25) is 9.59 Å². The number of Topliss-reactive ketones (excluding diaryl/α,β-unsaturated/α-hetero) is 1. The van der Waals surface area contributed by atoms with Crippen LogP contribution < -0.4 is 5.32 Å². The van der Waals surface area contributed by atoms with Gasteiger partial charge in [0.1, 0.15) is 5.41 Å². The van der Waals surface area contributed by atoms with Gasteiger partial charge in [0.15, 0.2) is 5.78 Å². The van der Waals surface area contributed by atoms with E-state index in [2.05, 4.69) is 21.2 Å². The summed E-state index contributed by atoms with van der Waals surface area (Å²) in [5.41, 5.74) is -0.430. The van der Waals surface area contributed by atoms with Crippen molar-refractivity contribution in [1.29, 1.82) is 0 Å². The van der Waals surface area contributed by atoms with Gasteiger partial charge in [0.25, 0.3) is 0 Å². The quantitative estimate of drug-likeness (QED) is 0.836. The Labute approximate surface area is 127 Å². The first-order chi connectivity index (χ1) is 9.38. The minimum atomic E-state index is -0.802. The molecule has 4 heteroatoms. The van der Waals surface area contributed by atoms with Crippen molar-refractivity contribution in [2.24, 2.45) is 16.7 Å². The number of halogens is 1. The number of anilines is 1. The standard InChI is InChI=1S/C16H18BrNO2/c1-15(2)10-7-8-16(9-10,13(15)19)14(20)18-12-6-4-3-5-11(12)17/h3-6,10H,7-9H2,1-2H3,(H,18,20). The van der Waals surface area contributed by atoms with Crippen LogP contribution in [-0.4, -0.2) is 11.7 Å². The van der Waals surface area contributed by atoms with Gasteiger partial charge >= 0.3 is 0 Å². The van der Waals surface area contributed by atoms with E-state index in [1.165, 1.54) is 0 Å². The van der Waals surface area contributed by atoms with E-state index in [-0.39, 0.29) is 17.1 Å². The lowest BCUT2D eigenvalue weighted by molar-refractivity contribution is -0.142. The zero-order valence-corrected chi connectivity index (χ0v) is 13.3. The molecule has 2 unspecified atom stereocenters. The Morgan fingerprint density at radius 2 is 2.05 bits per heavy atom. The summed E-state index contributed by atoms with van der Waals surface area (Å²) in [7, 11) is 0. The maximum Gasteiger partial charge on any atom is 0.238 e. The first-order valence-corrected chi connectivity index (χ1v) is 7.78. The number of para-hydroxylation sites is 1. The Bertz CT molecular complexity index is 596. The highest BCUT2D eigenvalue weighted by Crippen LogP contribution is 2.60. The molecule has 3 rings (SSSR count). The van der Waals surface area contributed by atoms with Crippen molar-refractivity contribution in [3.63, 3.8) is 0 Å². The Morgan fingerprint density at radius 3 is 2.65 bits per heavy atom. The van der Waals surface area contributed by atoms with Gasteiger partial charge in [-0.2, -0.15) is 0 Å². The third-order valence-electron chi connectivity index (χ3n) is 5.11. The van der Waals surface area contributed by atoms with Crippen LogP contribution in [0.1, 0.15) is 33.1 Å². The lowest BCUT2D eigenvalue weighted by Crippen LogP contribution is -2.44. The SMILES string of the molecule is CC1(C)C(=O)C2(C(=O)Nc3ccccc3Br)CCC1C2. The second-order valence-corrected chi connectivity index (χ2v) is 7.36. The maximum absolute atomic E-state index is 12.7. The van der Waals surface area contributed by atoms with E-state index >= 15 is 0 Å². The van der Waals surface area contributed by atoms with E-state index in [1.54, 1.807) is 0 Å². The molecule has 106 valence electrons. The summed E-state index contributed by atoms with van der Waals surface area (Å²) in [6.45, 7) is 3.96. The molecule has 2 saturated carbocycles. The fraction of sp³-hybridized carbons (Fsp3) is 0.500. The number of carbonyl (C=O) groups excluding carboxylic acids is 2. The van der Waals surface area contributed by atoms with Crippen LogP contribution in [0.4, 0.5) is 5.69 Å². The van der Waals surface area contributed by atoms with Gasteiger partial charge < -0.3 is 5.32 Å². The second kappa shape index (κ2) is 4.42. The molecule has 20 heavy (non-hydrogen) atoms. The van der Waals surface area contributed by atoms with Crippen LogP contribution in [0.25, 0.3) is 0 Å². The summed E-state index contributed by atoms with van der Waals surface area (Å²) >= 11 is 3.42. The highest BCUT2D eigenvalue weighted by Gasteiger charge is 2.65. The molecule has 1 N–H and O–H groups in total. The minimum absolute atomic E-state index is 0.116. The fourth-order valence-electron chi connectivity index (χ4n) is 3.78. The van der Waals surface area contributed by atoms with Crippen molar-refractivity contribution < 1.29 is 9.59 Å². The molecule has 0 radical (unpaired) electrons. The zero-order chi connectivity index (χ0) is 14.5. The molecule has 1 aromatic carbocycles. The number of carbonyl (C=O) groups is 2. The molecular formula is C16H18BrNO2. The predicted octanol–water partition coefficient (Wildman–Crippen LogP) is 3.78. The summed E-state index contributed by atoms with van der Waals surface area (Å²) in [6.07, 6.45) is 2.37. The Morgan fingerprint density at radius 1 is 1.35 bits per heavy atom. The molecule has 1 amide bonds. The zero-order valence-electron chi connectivity index (χ0n) is 11.7. The number of benzene rings is 1. The lowest BCUT2D eigenvalue weighted by Gasteiger charge is -2.32. The number of amides is 1. The Balaban J connectivity index is 1.89. The van der Waals surface area contributed by atoms with Crippen LogP contribution in [0.15, 0.2) is 28.7 Å². The van der Waals surface area contributed by atoms with E-state index < -0.39 is 5.41 Å². The van der Waals surface area contributed by atoms with Gasteiger partial charge in [0.2, 0.25) is 5.91 Å². The van der Waals surface area contributed by atoms with Gasteiger partial charge in [0.05, 0.1) is 5.69 Å². The normalized spacial score (nSPS) is 30.6. The molecule has 2 aliphatic rings. The topological polar surface area (TPSA) is 46.2 Å². The molecule has 2 atom stereocenters. The molecule has 0 aromatic heterocycles. The highest BCUT2D eigenvalue weighted by atomic mass is 79.9. The van der Waals surface area contributed by atoms with Crippen molar-refractivity contribution in [1.82, 2.24) is 0 Å². The van der Waals surface area contributed by atoms with Crippen LogP contribution in [-0.2, 0) is 9.59 Å². The van der Waals surface area contributed by atoms with Gasteiger partial charge in [-0.1, -0.05) is 26.0 Å². The number of rotatable bonds is 2. The van der Waals surface area contributed by atoms with Crippen LogP contribution in [0.3, 0.4) is 0 Å². The number of nitrogens with one attached hydrogen (secondary N) is 1. The van der Waals surface area contributed by atoms with E-state index in [9.17, 15) is 9.59 Å². The van der Waals surface area contributed by atoms with Crippen molar-refractivity contribution >= 4 is 33.3 Å². The largest absolute Gasteiger partial charge is 0.324 e. The van der Waals surface area contributed by atoms with Gasteiger partial charge in [-0.05, 0) is 53.2 Å². The maximum atomic E-state index is 12.7. The molecule has 2 fully saturated rings. The molecular weight excluding hydrogens is 318 g/mol. The van der Waals surface area contributed by atoms with Crippen LogP contribution in [0, 0.1) is 16.7 Å². The summed E-state index contributed by atoms with van der Waals surface area (Å²) in [6, 6.07) is 7.49. The smallest absolute Gasteiger partial charge is 0.238 e. The molecule has 3 nitrogen and oxygen atoms in total. The molecule has 0 heterocycles. The number of hydrogen-bond donors (Lipinski definition) is 1. The van der Waals surface area contributed by atoms with Gasteiger partial charge in [-0.15, -0.1) is 0 Å². The van der Waals surface area contributed by atoms with Crippen LogP contribution >= 0.6 is 15.9 Å². The van der Waals surface area contributed by atoms with Gasteiger partial charge in [0, 0.05) is 9.89 Å². The summed E-state index contributed by atoms with van der Waals surface area (Å²) in [5.74, 6) is 0.327. The van der Waals surface area contributed by atoms with E-state index in [0.717, 1.165) is 16.6 Å². The van der Waals surface area contributed by atoms with E-state index in [4.69, 9.17) is 0 Å². The average molecular weight is 336 g/mol. The summed E-state index contributed by atoms with van der Waals surface area (Å²) in [4.78, 5) is 25.3. The van der Waals surface area contributed by atoms with Crippen molar-refractivity contribution in [3.05, 3.63) is 28.7 Å². The first kappa shape index (κ1) is 13.8.